The highest BCUT2D eigenvalue weighted by Crippen LogP contribution is 2.33. The van der Waals surface area contributed by atoms with Gasteiger partial charge in [0, 0.05) is 24.7 Å². The molecule has 3 N–H and O–H groups in total. The lowest BCUT2D eigenvalue weighted by molar-refractivity contribution is 0.0954. The van der Waals surface area contributed by atoms with E-state index in [4.69, 9.17) is 9.47 Å². The van der Waals surface area contributed by atoms with Crippen LogP contribution in [0.15, 0.2) is 42.5 Å². The summed E-state index contributed by atoms with van der Waals surface area (Å²) in [7, 11) is 2.99. The first kappa shape index (κ1) is 20.3. The lowest BCUT2D eigenvalue weighted by atomic mass is 10.1. The van der Waals surface area contributed by atoms with Crippen LogP contribution in [0.2, 0.25) is 0 Å². The first-order valence-electron chi connectivity index (χ1n) is 8.72. The summed E-state index contributed by atoms with van der Waals surface area (Å²) in [6.07, 6.45) is 0. The van der Waals surface area contributed by atoms with Gasteiger partial charge in [-0.25, -0.2) is 0 Å². The number of carbonyl (C=O) groups excluding carboxylic acids is 2. The SMILES string of the molecule is CCNCCNC(=O)c1cc(OC)c(OC)cc1NC(=O)c1ccccc1. The molecule has 7 nitrogen and oxygen atoms in total. The van der Waals surface area contributed by atoms with Gasteiger partial charge in [-0.05, 0) is 24.7 Å². The van der Waals surface area contributed by atoms with E-state index in [2.05, 4.69) is 16.0 Å². The second kappa shape index (κ2) is 10.2. The quantitative estimate of drug-likeness (QED) is 0.589. The molecule has 0 spiro atoms. The molecular formula is C20H25N3O4. The van der Waals surface area contributed by atoms with Gasteiger partial charge in [-0.1, -0.05) is 25.1 Å². The smallest absolute Gasteiger partial charge is 0.255 e. The monoisotopic (exact) mass is 371 g/mol. The fourth-order valence-electron chi connectivity index (χ4n) is 2.49. The molecule has 0 aliphatic carbocycles. The van der Waals surface area contributed by atoms with Crippen LogP contribution < -0.4 is 25.4 Å². The minimum Gasteiger partial charge on any atom is -0.493 e. The van der Waals surface area contributed by atoms with E-state index in [1.807, 2.05) is 13.0 Å². The van der Waals surface area contributed by atoms with Crippen LogP contribution in [0, 0.1) is 0 Å². The highest BCUT2D eigenvalue weighted by Gasteiger charge is 2.19. The molecule has 144 valence electrons. The molecule has 2 aromatic rings. The van der Waals surface area contributed by atoms with Crippen LogP contribution in [0.4, 0.5) is 5.69 Å². The van der Waals surface area contributed by atoms with Crippen molar-refractivity contribution in [2.45, 2.75) is 6.92 Å². The average Bonchev–Trinajstić information content (AvgIpc) is 2.71. The number of rotatable bonds is 9. The molecule has 0 bridgehead atoms. The average molecular weight is 371 g/mol. The van der Waals surface area contributed by atoms with Crippen molar-refractivity contribution in [2.75, 3.05) is 39.2 Å². The predicted octanol–water partition coefficient (Wildman–Crippen LogP) is 2.30. The second-order valence-corrected chi connectivity index (χ2v) is 5.68. The maximum absolute atomic E-state index is 12.6. The Labute approximate surface area is 159 Å². The van der Waals surface area contributed by atoms with Crippen molar-refractivity contribution in [3.8, 4) is 11.5 Å². The molecular weight excluding hydrogens is 346 g/mol. The van der Waals surface area contributed by atoms with Crippen molar-refractivity contribution < 1.29 is 19.1 Å². The van der Waals surface area contributed by atoms with E-state index in [-0.39, 0.29) is 11.8 Å². The van der Waals surface area contributed by atoms with Crippen LogP contribution in [0.3, 0.4) is 0 Å². The lowest BCUT2D eigenvalue weighted by Gasteiger charge is -2.16. The van der Waals surface area contributed by atoms with E-state index in [1.54, 1.807) is 36.4 Å². The Morgan fingerprint density at radius 1 is 0.926 bits per heavy atom. The summed E-state index contributed by atoms with van der Waals surface area (Å²) in [6.45, 7) is 3.94. The Morgan fingerprint density at radius 2 is 1.59 bits per heavy atom. The number of likely N-dealkylation sites (N-methyl/N-ethyl adjacent to an activating group) is 1. The minimum absolute atomic E-state index is 0.299. The van der Waals surface area contributed by atoms with Crippen molar-refractivity contribution in [2.24, 2.45) is 0 Å². The number of nitrogens with one attached hydrogen (secondary N) is 3. The van der Waals surface area contributed by atoms with Gasteiger partial charge in [-0.15, -0.1) is 0 Å². The van der Waals surface area contributed by atoms with Gasteiger partial charge in [0.1, 0.15) is 0 Å². The zero-order valence-electron chi connectivity index (χ0n) is 15.8. The summed E-state index contributed by atoms with van der Waals surface area (Å²) in [6, 6.07) is 11.9. The highest BCUT2D eigenvalue weighted by atomic mass is 16.5. The number of amides is 2. The van der Waals surface area contributed by atoms with Gasteiger partial charge in [-0.2, -0.15) is 0 Å². The third-order valence-corrected chi connectivity index (χ3v) is 3.89. The second-order valence-electron chi connectivity index (χ2n) is 5.68. The Bertz CT molecular complexity index is 778. The van der Waals surface area contributed by atoms with Crippen molar-refractivity contribution in [3.05, 3.63) is 53.6 Å². The summed E-state index contributed by atoms with van der Waals surface area (Å²) in [5.74, 6) is 0.207. The highest BCUT2D eigenvalue weighted by molar-refractivity contribution is 6.09. The van der Waals surface area contributed by atoms with Gasteiger partial charge in [0.15, 0.2) is 11.5 Å². The fourth-order valence-corrected chi connectivity index (χ4v) is 2.49. The molecule has 0 radical (unpaired) electrons. The molecule has 7 heteroatoms. The van der Waals surface area contributed by atoms with E-state index in [1.165, 1.54) is 14.2 Å². The Balaban J connectivity index is 2.29. The van der Waals surface area contributed by atoms with Crippen LogP contribution in [0.25, 0.3) is 0 Å². The molecule has 2 rings (SSSR count). The summed E-state index contributed by atoms with van der Waals surface area (Å²) >= 11 is 0. The summed E-state index contributed by atoms with van der Waals surface area (Å²) in [5.41, 5.74) is 1.14. The molecule has 0 aliphatic rings. The number of carbonyl (C=O) groups is 2. The number of methoxy groups -OCH3 is 2. The molecule has 0 heterocycles. The fraction of sp³-hybridized carbons (Fsp3) is 0.300. The van der Waals surface area contributed by atoms with Crippen LogP contribution in [0.5, 0.6) is 11.5 Å². The van der Waals surface area contributed by atoms with Crippen molar-refractivity contribution in [1.29, 1.82) is 0 Å². The van der Waals surface area contributed by atoms with E-state index < -0.39 is 0 Å². The van der Waals surface area contributed by atoms with Crippen LogP contribution >= 0.6 is 0 Å². The first-order valence-corrected chi connectivity index (χ1v) is 8.72. The van der Waals surface area contributed by atoms with Crippen molar-refractivity contribution in [3.63, 3.8) is 0 Å². The Morgan fingerprint density at radius 3 is 2.22 bits per heavy atom. The van der Waals surface area contributed by atoms with Crippen molar-refractivity contribution >= 4 is 17.5 Å². The van der Waals surface area contributed by atoms with Gasteiger partial charge >= 0.3 is 0 Å². The molecule has 0 atom stereocenters. The molecule has 0 saturated heterocycles. The molecule has 0 aromatic heterocycles. The predicted molar refractivity (Wildman–Crippen MR) is 105 cm³/mol. The lowest BCUT2D eigenvalue weighted by Crippen LogP contribution is -2.32. The number of ether oxygens (including phenoxy) is 2. The number of benzene rings is 2. The summed E-state index contributed by atoms with van der Waals surface area (Å²) in [4.78, 5) is 25.1. The zero-order valence-corrected chi connectivity index (χ0v) is 15.8. The molecule has 0 fully saturated rings. The maximum Gasteiger partial charge on any atom is 0.255 e. The third kappa shape index (κ3) is 5.46. The van der Waals surface area contributed by atoms with Gasteiger partial charge in [-0.3, -0.25) is 9.59 Å². The third-order valence-electron chi connectivity index (χ3n) is 3.89. The van der Waals surface area contributed by atoms with E-state index in [9.17, 15) is 9.59 Å². The summed E-state index contributed by atoms with van der Waals surface area (Å²) < 4.78 is 10.6. The van der Waals surface area contributed by atoms with E-state index >= 15 is 0 Å². The van der Waals surface area contributed by atoms with E-state index in [0.717, 1.165) is 6.54 Å². The van der Waals surface area contributed by atoms with Crippen LogP contribution in [-0.2, 0) is 0 Å². The molecule has 2 amide bonds. The van der Waals surface area contributed by atoms with Crippen LogP contribution in [0.1, 0.15) is 27.6 Å². The number of anilines is 1. The topological polar surface area (TPSA) is 88.7 Å². The normalized spacial score (nSPS) is 10.2. The van der Waals surface area contributed by atoms with Crippen LogP contribution in [-0.4, -0.2) is 45.7 Å². The summed E-state index contributed by atoms with van der Waals surface area (Å²) in [5, 5.41) is 8.75. The number of hydrogen-bond donors (Lipinski definition) is 3. The Kier molecular flexibility index (Phi) is 7.63. The molecule has 0 unspecified atom stereocenters. The van der Waals surface area contributed by atoms with Crippen molar-refractivity contribution in [1.82, 2.24) is 10.6 Å². The standard InChI is InChI=1S/C20H25N3O4/c1-4-21-10-11-22-20(25)15-12-17(26-2)18(27-3)13-16(15)23-19(24)14-8-6-5-7-9-14/h5-9,12-13,21H,4,10-11H2,1-3H3,(H,22,25)(H,23,24). The zero-order chi connectivity index (χ0) is 19.6. The van der Waals surface area contributed by atoms with Gasteiger partial charge in [0.05, 0.1) is 25.5 Å². The first-order chi connectivity index (χ1) is 13.1. The van der Waals surface area contributed by atoms with Gasteiger partial charge in [0.2, 0.25) is 0 Å². The largest absolute Gasteiger partial charge is 0.493 e. The molecule has 2 aromatic carbocycles. The number of hydrogen-bond acceptors (Lipinski definition) is 5. The molecule has 0 aliphatic heterocycles. The van der Waals surface area contributed by atoms with Gasteiger partial charge in [0.25, 0.3) is 11.8 Å². The molecule has 0 saturated carbocycles. The molecule has 27 heavy (non-hydrogen) atoms. The Hall–Kier alpha value is -3.06. The van der Waals surface area contributed by atoms with Gasteiger partial charge < -0.3 is 25.4 Å². The minimum atomic E-state index is -0.315. The maximum atomic E-state index is 12.6. The van der Waals surface area contributed by atoms with E-state index in [0.29, 0.717) is 41.4 Å².